The van der Waals surface area contributed by atoms with E-state index < -0.39 is 0 Å². The SMILES string of the molecule is CCNCC1CCN(C(=O)c2cnn(-c3ccc(Cl)cc3)c2)CC1.Cl. The molecule has 136 valence electrons. The molecule has 1 saturated heterocycles. The molecule has 0 unspecified atom stereocenters. The average molecular weight is 383 g/mol. The summed E-state index contributed by atoms with van der Waals surface area (Å²) < 4.78 is 1.71. The van der Waals surface area contributed by atoms with Crippen LogP contribution in [0.15, 0.2) is 36.7 Å². The maximum Gasteiger partial charge on any atom is 0.257 e. The molecule has 1 aliphatic rings. The third-order valence-electron chi connectivity index (χ3n) is 4.51. The lowest BCUT2D eigenvalue weighted by molar-refractivity contribution is 0.0690. The summed E-state index contributed by atoms with van der Waals surface area (Å²) in [5, 5.41) is 8.38. The number of carbonyl (C=O) groups is 1. The van der Waals surface area contributed by atoms with E-state index in [1.54, 1.807) is 17.1 Å². The molecule has 0 saturated carbocycles. The minimum Gasteiger partial charge on any atom is -0.339 e. The molecule has 1 N–H and O–H groups in total. The van der Waals surface area contributed by atoms with E-state index in [-0.39, 0.29) is 18.3 Å². The fourth-order valence-electron chi connectivity index (χ4n) is 3.04. The molecule has 0 bridgehead atoms. The van der Waals surface area contributed by atoms with Gasteiger partial charge in [0, 0.05) is 24.3 Å². The van der Waals surface area contributed by atoms with Crippen LogP contribution in [0.2, 0.25) is 5.02 Å². The van der Waals surface area contributed by atoms with Gasteiger partial charge in [-0.1, -0.05) is 18.5 Å². The zero-order valence-corrected chi connectivity index (χ0v) is 15.9. The van der Waals surface area contributed by atoms with Crippen LogP contribution >= 0.6 is 24.0 Å². The van der Waals surface area contributed by atoms with Gasteiger partial charge < -0.3 is 10.2 Å². The van der Waals surface area contributed by atoms with Gasteiger partial charge in [0.05, 0.1) is 17.4 Å². The van der Waals surface area contributed by atoms with Crippen molar-refractivity contribution in [1.29, 1.82) is 0 Å². The van der Waals surface area contributed by atoms with Gasteiger partial charge in [-0.3, -0.25) is 4.79 Å². The van der Waals surface area contributed by atoms with Crippen molar-refractivity contribution in [2.45, 2.75) is 19.8 Å². The molecular weight excluding hydrogens is 359 g/mol. The summed E-state index contributed by atoms with van der Waals surface area (Å²) >= 11 is 5.90. The molecule has 3 rings (SSSR count). The van der Waals surface area contributed by atoms with E-state index >= 15 is 0 Å². The molecule has 1 aromatic carbocycles. The van der Waals surface area contributed by atoms with Gasteiger partial charge in [0.1, 0.15) is 0 Å². The highest BCUT2D eigenvalue weighted by molar-refractivity contribution is 6.30. The summed E-state index contributed by atoms with van der Waals surface area (Å²) in [6, 6.07) is 7.40. The van der Waals surface area contributed by atoms with Gasteiger partial charge in [0.25, 0.3) is 5.91 Å². The van der Waals surface area contributed by atoms with Crippen LogP contribution in [-0.4, -0.2) is 46.8 Å². The fraction of sp³-hybridized carbons (Fsp3) is 0.444. The summed E-state index contributed by atoms with van der Waals surface area (Å²) in [7, 11) is 0. The molecule has 1 aromatic heterocycles. The highest BCUT2D eigenvalue weighted by Gasteiger charge is 2.24. The van der Waals surface area contributed by atoms with Crippen LogP contribution in [0.25, 0.3) is 5.69 Å². The Kier molecular flexibility index (Phi) is 7.29. The van der Waals surface area contributed by atoms with E-state index in [0.29, 0.717) is 16.5 Å². The van der Waals surface area contributed by atoms with Gasteiger partial charge in [0.15, 0.2) is 0 Å². The number of piperidine rings is 1. The monoisotopic (exact) mass is 382 g/mol. The van der Waals surface area contributed by atoms with Crippen LogP contribution in [0.1, 0.15) is 30.1 Å². The van der Waals surface area contributed by atoms with Crippen molar-refractivity contribution in [3.8, 4) is 5.69 Å². The predicted molar refractivity (Wildman–Crippen MR) is 103 cm³/mol. The number of hydrogen-bond acceptors (Lipinski definition) is 3. The Labute approximate surface area is 159 Å². The molecule has 0 atom stereocenters. The van der Waals surface area contributed by atoms with Crippen molar-refractivity contribution in [2.24, 2.45) is 5.92 Å². The number of carbonyl (C=O) groups excluding carboxylic acids is 1. The second kappa shape index (κ2) is 9.22. The highest BCUT2D eigenvalue weighted by Crippen LogP contribution is 2.19. The van der Waals surface area contributed by atoms with Crippen molar-refractivity contribution in [1.82, 2.24) is 20.0 Å². The van der Waals surface area contributed by atoms with Crippen LogP contribution in [-0.2, 0) is 0 Å². The molecule has 1 fully saturated rings. The lowest BCUT2D eigenvalue weighted by Gasteiger charge is -2.31. The van der Waals surface area contributed by atoms with Gasteiger partial charge in [-0.2, -0.15) is 5.10 Å². The van der Waals surface area contributed by atoms with Crippen LogP contribution in [0.4, 0.5) is 0 Å². The molecule has 7 heteroatoms. The van der Waals surface area contributed by atoms with E-state index in [0.717, 1.165) is 44.7 Å². The second-order valence-corrected chi connectivity index (χ2v) is 6.63. The third-order valence-corrected chi connectivity index (χ3v) is 4.76. The van der Waals surface area contributed by atoms with Gasteiger partial charge in [-0.25, -0.2) is 4.68 Å². The van der Waals surface area contributed by atoms with Crippen molar-refractivity contribution in [3.63, 3.8) is 0 Å². The Bertz CT molecular complexity index is 679. The van der Waals surface area contributed by atoms with E-state index in [1.807, 2.05) is 29.2 Å². The lowest BCUT2D eigenvalue weighted by Crippen LogP contribution is -2.40. The number of likely N-dealkylation sites (tertiary alicyclic amines) is 1. The third kappa shape index (κ3) is 4.97. The number of benzene rings is 1. The number of nitrogens with one attached hydrogen (secondary N) is 1. The summed E-state index contributed by atoms with van der Waals surface area (Å²) in [5.74, 6) is 0.739. The van der Waals surface area contributed by atoms with E-state index in [1.165, 1.54) is 0 Å². The van der Waals surface area contributed by atoms with Crippen LogP contribution in [0.3, 0.4) is 0 Å². The van der Waals surface area contributed by atoms with Gasteiger partial charge in [0.2, 0.25) is 0 Å². The van der Waals surface area contributed by atoms with Gasteiger partial charge in [-0.15, -0.1) is 12.4 Å². The van der Waals surface area contributed by atoms with Gasteiger partial charge >= 0.3 is 0 Å². The highest BCUT2D eigenvalue weighted by atomic mass is 35.5. The van der Waals surface area contributed by atoms with Crippen molar-refractivity contribution in [2.75, 3.05) is 26.2 Å². The first-order valence-electron chi connectivity index (χ1n) is 8.48. The fourth-order valence-corrected chi connectivity index (χ4v) is 3.17. The zero-order chi connectivity index (χ0) is 16.9. The number of amides is 1. The van der Waals surface area contributed by atoms with Crippen molar-refractivity contribution in [3.05, 3.63) is 47.2 Å². The van der Waals surface area contributed by atoms with Crippen LogP contribution < -0.4 is 5.32 Å². The Hall–Kier alpha value is -1.56. The lowest BCUT2D eigenvalue weighted by atomic mass is 9.96. The molecular formula is C18H24Cl2N4O. The Morgan fingerprint density at radius 3 is 2.60 bits per heavy atom. The first kappa shape index (κ1) is 19.8. The molecule has 25 heavy (non-hydrogen) atoms. The normalized spacial score (nSPS) is 15.0. The topological polar surface area (TPSA) is 50.2 Å². The molecule has 2 heterocycles. The molecule has 1 amide bonds. The van der Waals surface area contributed by atoms with E-state index in [4.69, 9.17) is 11.6 Å². The maximum absolute atomic E-state index is 12.7. The number of hydrogen-bond donors (Lipinski definition) is 1. The number of aromatic nitrogens is 2. The Balaban J connectivity index is 0.00000225. The quantitative estimate of drug-likeness (QED) is 0.861. The van der Waals surface area contributed by atoms with Crippen molar-refractivity contribution >= 4 is 29.9 Å². The standard InChI is InChI=1S/C18H23ClN4O.ClH/c1-2-20-11-14-7-9-22(10-8-14)18(24)15-12-21-23(13-15)17-5-3-16(19)4-6-17;/h3-6,12-14,20H,2,7-11H2,1H3;1H. The van der Waals surface area contributed by atoms with E-state index in [2.05, 4.69) is 17.3 Å². The van der Waals surface area contributed by atoms with Crippen molar-refractivity contribution < 1.29 is 4.79 Å². The predicted octanol–water partition coefficient (Wildman–Crippen LogP) is 3.41. The molecule has 0 aliphatic carbocycles. The molecule has 5 nitrogen and oxygen atoms in total. The Morgan fingerprint density at radius 1 is 1.28 bits per heavy atom. The maximum atomic E-state index is 12.7. The summed E-state index contributed by atoms with van der Waals surface area (Å²) in [6.07, 6.45) is 5.55. The number of rotatable bonds is 5. The van der Waals surface area contributed by atoms with Crippen LogP contribution in [0, 0.1) is 5.92 Å². The summed E-state index contributed by atoms with van der Waals surface area (Å²) in [4.78, 5) is 14.6. The minimum absolute atomic E-state index is 0. The van der Waals surface area contributed by atoms with E-state index in [9.17, 15) is 4.79 Å². The summed E-state index contributed by atoms with van der Waals surface area (Å²) in [5.41, 5.74) is 1.53. The van der Waals surface area contributed by atoms with Crippen LogP contribution in [0.5, 0.6) is 0 Å². The largest absolute Gasteiger partial charge is 0.339 e. The molecule has 2 aromatic rings. The number of nitrogens with zero attached hydrogens (tertiary/aromatic N) is 3. The first-order chi connectivity index (χ1) is 11.7. The molecule has 0 spiro atoms. The zero-order valence-electron chi connectivity index (χ0n) is 14.3. The number of halogens is 2. The Morgan fingerprint density at radius 2 is 1.96 bits per heavy atom. The van der Waals surface area contributed by atoms with Gasteiger partial charge in [-0.05, 0) is 56.1 Å². The smallest absolute Gasteiger partial charge is 0.257 e. The first-order valence-corrected chi connectivity index (χ1v) is 8.85. The average Bonchev–Trinajstić information content (AvgIpc) is 3.10. The molecule has 1 aliphatic heterocycles. The molecule has 0 radical (unpaired) electrons. The second-order valence-electron chi connectivity index (χ2n) is 6.19. The summed E-state index contributed by atoms with van der Waals surface area (Å²) in [6.45, 7) is 5.81. The minimum atomic E-state index is 0.